The van der Waals surface area contributed by atoms with Crippen LogP contribution in [0.3, 0.4) is 0 Å². The van der Waals surface area contributed by atoms with Crippen LogP contribution in [-0.4, -0.2) is 72.3 Å². The van der Waals surface area contributed by atoms with Gasteiger partial charge in [-0.25, -0.2) is 13.4 Å². The first kappa shape index (κ1) is 17.0. The summed E-state index contributed by atoms with van der Waals surface area (Å²) < 4.78 is 23.2. The van der Waals surface area contributed by atoms with Crippen LogP contribution in [0.15, 0.2) is 30.6 Å². The lowest BCUT2D eigenvalue weighted by atomic mass is 10.3. The maximum atomic E-state index is 11.6. The quantitative estimate of drug-likeness (QED) is 0.802. The molecule has 0 saturated carbocycles. The summed E-state index contributed by atoms with van der Waals surface area (Å²) in [5.74, 6) is 2.49. The van der Waals surface area contributed by atoms with Crippen molar-refractivity contribution in [3.05, 3.63) is 30.6 Å². The molecular weight excluding hydrogens is 354 g/mol. The first-order valence-electron chi connectivity index (χ1n) is 8.67. The van der Waals surface area contributed by atoms with Gasteiger partial charge in [-0.2, -0.15) is 10.1 Å². The number of anilines is 3. The summed E-state index contributed by atoms with van der Waals surface area (Å²) in [6, 6.07) is 5.80. The summed E-state index contributed by atoms with van der Waals surface area (Å²) in [6.07, 6.45) is 3.94. The molecule has 1 atom stereocenters. The zero-order chi connectivity index (χ0) is 18.0. The lowest BCUT2D eigenvalue weighted by Crippen LogP contribution is -2.47. The number of aromatic nitrogens is 4. The zero-order valence-electron chi connectivity index (χ0n) is 14.3. The number of piperazine rings is 1. The van der Waals surface area contributed by atoms with Crippen LogP contribution in [-0.2, 0) is 9.84 Å². The molecular formula is C16H21N7O2S. The SMILES string of the molecule is O=S1(=O)CCC(Nc2cnnc(N3CCN(c4ccccn4)CC3)n2)C1. The van der Waals surface area contributed by atoms with Crippen molar-refractivity contribution in [1.82, 2.24) is 20.2 Å². The van der Waals surface area contributed by atoms with E-state index in [4.69, 9.17) is 0 Å². The topological polar surface area (TPSA) is 104 Å². The Labute approximate surface area is 152 Å². The van der Waals surface area contributed by atoms with Gasteiger partial charge in [0.05, 0.1) is 17.7 Å². The van der Waals surface area contributed by atoms with Crippen molar-refractivity contribution < 1.29 is 8.42 Å². The average Bonchev–Trinajstić information content (AvgIpc) is 3.01. The molecule has 0 aromatic carbocycles. The van der Waals surface area contributed by atoms with E-state index < -0.39 is 9.84 Å². The molecule has 0 bridgehead atoms. The first-order chi connectivity index (χ1) is 12.6. The van der Waals surface area contributed by atoms with E-state index in [0.29, 0.717) is 18.2 Å². The predicted octanol–water partition coefficient (Wildman–Crippen LogP) is 0.192. The fraction of sp³-hybridized carbons (Fsp3) is 0.500. The van der Waals surface area contributed by atoms with Gasteiger partial charge in [-0.15, -0.1) is 5.10 Å². The van der Waals surface area contributed by atoms with E-state index >= 15 is 0 Å². The van der Waals surface area contributed by atoms with Gasteiger partial charge < -0.3 is 15.1 Å². The van der Waals surface area contributed by atoms with E-state index in [0.717, 1.165) is 32.0 Å². The van der Waals surface area contributed by atoms with Crippen molar-refractivity contribution in [2.24, 2.45) is 0 Å². The normalized spacial score (nSPS) is 22.4. The second kappa shape index (κ2) is 7.02. The molecule has 1 unspecified atom stereocenters. The molecule has 4 heterocycles. The third-order valence-corrected chi connectivity index (χ3v) is 6.44. The van der Waals surface area contributed by atoms with Gasteiger partial charge in [0.2, 0.25) is 5.95 Å². The number of pyridine rings is 1. The largest absolute Gasteiger partial charge is 0.365 e. The highest BCUT2D eigenvalue weighted by atomic mass is 32.2. The molecule has 2 aliphatic rings. The molecule has 1 N–H and O–H groups in total. The minimum absolute atomic E-state index is 0.106. The van der Waals surface area contributed by atoms with Gasteiger partial charge in [0.15, 0.2) is 15.7 Å². The van der Waals surface area contributed by atoms with Gasteiger partial charge in [-0.05, 0) is 18.6 Å². The summed E-state index contributed by atoms with van der Waals surface area (Å²) in [7, 11) is -2.93. The van der Waals surface area contributed by atoms with Gasteiger partial charge in [-0.3, -0.25) is 0 Å². The number of hydrogen-bond acceptors (Lipinski definition) is 9. The summed E-state index contributed by atoms with van der Waals surface area (Å²) in [4.78, 5) is 13.2. The second-order valence-electron chi connectivity index (χ2n) is 6.55. The average molecular weight is 375 g/mol. The van der Waals surface area contributed by atoms with Crippen molar-refractivity contribution in [2.75, 3.05) is 52.8 Å². The van der Waals surface area contributed by atoms with Gasteiger partial charge in [0.25, 0.3) is 0 Å². The Hall–Kier alpha value is -2.49. The van der Waals surface area contributed by atoms with Gasteiger partial charge >= 0.3 is 0 Å². The van der Waals surface area contributed by atoms with Gasteiger partial charge in [-0.1, -0.05) is 6.07 Å². The number of nitrogens with one attached hydrogen (secondary N) is 1. The molecule has 9 nitrogen and oxygen atoms in total. The van der Waals surface area contributed by atoms with Crippen molar-refractivity contribution >= 4 is 27.4 Å². The Bertz CT molecular complexity index is 854. The van der Waals surface area contributed by atoms with Crippen molar-refractivity contribution in [3.8, 4) is 0 Å². The monoisotopic (exact) mass is 375 g/mol. The standard InChI is InChI=1S/C16H21N7O2S/c24-26(25)10-4-13(12-26)19-14-11-18-21-16(20-14)23-8-6-22(7-9-23)15-3-1-2-5-17-15/h1-3,5,11,13H,4,6-10,12H2,(H,19,20,21). The molecule has 0 amide bonds. The molecule has 138 valence electrons. The number of sulfone groups is 1. The van der Waals surface area contributed by atoms with Gasteiger partial charge in [0, 0.05) is 38.4 Å². The highest BCUT2D eigenvalue weighted by Crippen LogP contribution is 2.19. The maximum Gasteiger partial charge on any atom is 0.247 e. The van der Waals surface area contributed by atoms with Crippen LogP contribution in [0.5, 0.6) is 0 Å². The lowest BCUT2D eigenvalue weighted by molar-refractivity contribution is 0.602. The molecule has 0 aliphatic carbocycles. The Kier molecular flexibility index (Phi) is 4.58. The van der Waals surface area contributed by atoms with Crippen LogP contribution in [0.25, 0.3) is 0 Å². The van der Waals surface area contributed by atoms with Crippen LogP contribution >= 0.6 is 0 Å². The minimum Gasteiger partial charge on any atom is -0.365 e. The summed E-state index contributed by atoms with van der Waals surface area (Å²) in [6.45, 7) is 3.22. The molecule has 10 heteroatoms. The molecule has 4 rings (SSSR count). The van der Waals surface area contributed by atoms with Crippen molar-refractivity contribution in [3.63, 3.8) is 0 Å². The second-order valence-corrected chi connectivity index (χ2v) is 8.78. The van der Waals surface area contributed by atoms with E-state index in [1.54, 1.807) is 12.4 Å². The van der Waals surface area contributed by atoms with Crippen LogP contribution in [0.2, 0.25) is 0 Å². The maximum absolute atomic E-state index is 11.6. The molecule has 2 aliphatic heterocycles. The van der Waals surface area contributed by atoms with Crippen molar-refractivity contribution in [1.29, 1.82) is 0 Å². The van der Waals surface area contributed by atoms with Crippen LogP contribution < -0.4 is 15.1 Å². The minimum atomic E-state index is -2.93. The molecule has 2 aromatic heterocycles. The summed E-state index contributed by atoms with van der Waals surface area (Å²) in [5, 5.41) is 11.3. The van der Waals surface area contributed by atoms with E-state index in [9.17, 15) is 8.42 Å². The molecule has 26 heavy (non-hydrogen) atoms. The zero-order valence-corrected chi connectivity index (χ0v) is 15.1. The number of hydrogen-bond donors (Lipinski definition) is 1. The van der Waals surface area contributed by atoms with E-state index in [-0.39, 0.29) is 17.5 Å². The Balaban J connectivity index is 1.38. The first-order valence-corrected chi connectivity index (χ1v) is 10.5. The third kappa shape index (κ3) is 3.85. The summed E-state index contributed by atoms with van der Waals surface area (Å²) in [5.41, 5.74) is 0. The van der Waals surface area contributed by atoms with E-state index in [2.05, 4.69) is 35.3 Å². The number of rotatable bonds is 4. The number of nitrogens with zero attached hydrogens (tertiary/aromatic N) is 6. The fourth-order valence-corrected chi connectivity index (χ4v) is 4.97. The predicted molar refractivity (Wildman–Crippen MR) is 99.2 cm³/mol. The fourth-order valence-electron chi connectivity index (χ4n) is 3.29. The highest BCUT2D eigenvalue weighted by molar-refractivity contribution is 7.91. The Morgan fingerprint density at radius 1 is 1.12 bits per heavy atom. The third-order valence-electron chi connectivity index (χ3n) is 4.67. The summed E-state index contributed by atoms with van der Waals surface area (Å²) >= 11 is 0. The van der Waals surface area contributed by atoms with Crippen LogP contribution in [0.4, 0.5) is 17.6 Å². The Morgan fingerprint density at radius 2 is 1.92 bits per heavy atom. The van der Waals surface area contributed by atoms with E-state index in [1.165, 1.54) is 0 Å². The Morgan fingerprint density at radius 3 is 2.62 bits per heavy atom. The smallest absolute Gasteiger partial charge is 0.247 e. The molecule has 2 aromatic rings. The van der Waals surface area contributed by atoms with Crippen LogP contribution in [0, 0.1) is 0 Å². The van der Waals surface area contributed by atoms with E-state index in [1.807, 2.05) is 18.2 Å². The molecule has 2 saturated heterocycles. The van der Waals surface area contributed by atoms with Gasteiger partial charge in [0.1, 0.15) is 5.82 Å². The van der Waals surface area contributed by atoms with Crippen molar-refractivity contribution in [2.45, 2.75) is 12.5 Å². The highest BCUT2D eigenvalue weighted by Gasteiger charge is 2.28. The molecule has 0 radical (unpaired) electrons. The molecule has 0 spiro atoms. The lowest BCUT2D eigenvalue weighted by Gasteiger charge is -2.35. The van der Waals surface area contributed by atoms with Crippen LogP contribution in [0.1, 0.15) is 6.42 Å². The molecule has 2 fully saturated rings.